The highest BCUT2D eigenvalue weighted by Crippen LogP contribution is 2.30. The van der Waals surface area contributed by atoms with Crippen molar-refractivity contribution in [1.82, 2.24) is 0 Å². The van der Waals surface area contributed by atoms with Gasteiger partial charge in [-0.1, -0.05) is 64.0 Å². The zero-order valence-electron chi connectivity index (χ0n) is 16.6. The third kappa shape index (κ3) is 9.41. The number of carbonyl (C=O) groups is 1. The number of aliphatic carboxylic acids is 1. The van der Waals surface area contributed by atoms with Gasteiger partial charge in [-0.15, -0.1) is 0 Å². The molecule has 1 rings (SSSR count). The zero-order chi connectivity index (χ0) is 18.9. The smallest absolute Gasteiger partial charge is 0.309 e. The van der Waals surface area contributed by atoms with Crippen molar-refractivity contribution in [2.75, 3.05) is 0 Å². The summed E-state index contributed by atoms with van der Waals surface area (Å²) in [5, 5.41) is 19.4. The van der Waals surface area contributed by atoms with E-state index in [0.29, 0.717) is 6.10 Å². The monoisotopic (exact) mass is 354 g/mol. The van der Waals surface area contributed by atoms with Gasteiger partial charge in [-0.2, -0.15) is 0 Å². The molecule has 1 heterocycles. The summed E-state index contributed by atoms with van der Waals surface area (Å²) in [7, 11) is 0. The summed E-state index contributed by atoms with van der Waals surface area (Å²) in [4.78, 5) is 11.0. The lowest BCUT2D eigenvalue weighted by molar-refractivity contribution is -0.147. The van der Waals surface area contributed by atoms with Gasteiger partial charge < -0.3 is 14.9 Å². The van der Waals surface area contributed by atoms with Gasteiger partial charge in [0.25, 0.3) is 0 Å². The Morgan fingerprint density at radius 3 is 2.32 bits per heavy atom. The molecule has 3 unspecified atom stereocenters. The third-order valence-electron chi connectivity index (χ3n) is 5.17. The summed E-state index contributed by atoms with van der Waals surface area (Å²) in [6.45, 7) is 7.62. The molecule has 4 heteroatoms. The van der Waals surface area contributed by atoms with Crippen LogP contribution in [-0.2, 0) is 9.53 Å². The lowest BCUT2D eigenvalue weighted by Gasteiger charge is -2.18. The van der Waals surface area contributed by atoms with Gasteiger partial charge in [0.05, 0.1) is 17.1 Å². The molecule has 3 atom stereocenters. The Hall–Kier alpha value is -0.870. The van der Waals surface area contributed by atoms with Crippen molar-refractivity contribution in [1.29, 1.82) is 0 Å². The molecule has 146 valence electrons. The van der Waals surface area contributed by atoms with Gasteiger partial charge in [-0.25, -0.2) is 0 Å². The molecule has 0 aromatic rings. The van der Waals surface area contributed by atoms with Gasteiger partial charge in [0.15, 0.2) is 0 Å². The minimum Gasteiger partial charge on any atom is -0.481 e. The molecule has 4 nitrogen and oxygen atoms in total. The average molecular weight is 355 g/mol. The molecule has 1 saturated heterocycles. The van der Waals surface area contributed by atoms with Crippen molar-refractivity contribution in [3.8, 4) is 0 Å². The number of carboxylic acid groups (broad SMARTS) is 1. The van der Waals surface area contributed by atoms with Crippen LogP contribution in [0.5, 0.6) is 0 Å². The van der Waals surface area contributed by atoms with E-state index in [0.717, 1.165) is 57.8 Å². The number of hydrogen-bond donors (Lipinski definition) is 2. The molecule has 0 amide bonds. The van der Waals surface area contributed by atoms with Crippen molar-refractivity contribution in [3.63, 3.8) is 0 Å². The number of rotatable bonds is 14. The van der Waals surface area contributed by atoms with Crippen LogP contribution in [0.15, 0.2) is 12.2 Å². The predicted octanol–water partition coefficient (Wildman–Crippen LogP) is 5.09. The van der Waals surface area contributed by atoms with E-state index in [-0.39, 0.29) is 6.10 Å². The first-order valence-electron chi connectivity index (χ1n) is 9.98. The SMILES string of the molecule is CCCCCC(C)(O)/C=C/C1OC1CCCCCCC(C)(C)C(=O)O. The standard InChI is InChI=1S/C21H38O4/c1-5-6-10-15-21(4,24)16-13-18-17(25-18)12-9-7-8-11-14-20(2,3)19(22)23/h13,16-18,24H,5-12,14-15H2,1-4H3,(H,22,23)/b16-13+. The summed E-state index contributed by atoms with van der Waals surface area (Å²) < 4.78 is 5.65. The van der Waals surface area contributed by atoms with E-state index in [1.54, 1.807) is 13.8 Å². The number of carboxylic acids is 1. The number of hydrogen-bond acceptors (Lipinski definition) is 3. The second-order valence-corrected chi connectivity index (χ2v) is 8.45. The first kappa shape index (κ1) is 22.2. The molecule has 2 N–H and O–H groups in total. The van der Waals surface area contributed by atoms with Gasteiger partial charge in [0, 0.05) is 0 Å². The van der Waals surface area contributed by atoms with Gasteiger partial charge in [0.1, 0.15) is 6.10 Å². The van der Waals surface area contributed by atoms with Crippen molar-refractivity contribution >= 4 is 5.97 Å². The van der Waals surface area contributed by atoms with Crippen molar-refractivity contribution in [2.45, 2.75) is 110 Å². The molecule has 1 aliphatic rings. The minimum absolute atomic E-state index is 0.170. The topological polar surface area (TPSA) is 70.1 Å². The molecule has 0 saturated carbocycles. The zero-order valence-corrected chi connectivity index (χ0v) is 16.6. The Morgan fingerprint density at radius 2 is 1.68 bits per heavy atom. The summed E-state index contributed by atoms with van der Waals surface area (Å²) in [5.74, 6) is -0.709. The van der Waals surface area contributed by atoms with E-state index in [1.165, 1.54) is 6.42 Å². The van der Waals surface area contributed by atoms with E-state index in [2.05, 4.69) is 6.92 Å². The van der Waals surface area contributed by atoms with Crippen LogP contribution in [0.2, 0.25) is 0 Å². The van der Waals surface area contributed by atoms with E-state index in [9.17, 15) is 9.90 Å². The fraction of sp³-hybridized carbons (Fsp3) is 0.857. The van der Waals surface area contributed by atoms with Crippen LogP contribution in [0.25, 0.3) is 0 Å². The lowest BCUT2D eigenvalue weighted by atomic mass is 9.87. The van der Waals surface area contributed by atoms with Gasteiger partial charge in [-0.3, -0.25) is 4.79 Å². The Kier molecular flexibility index (Phi) is 9.15. The predicted molar refractivity (Wildman–Crippen MR) is 102 cm³/mol. The fourth-order valence-corrected chi connectivity index (χ4v) is 3.05. The molecule has 0 spiro atoms. The Labute approximate surface area is 153 Å². The first-order chi connectivity index (χ1) is 11.7. The number of unbranched alkanes of at least 4 members (excludes halogenated alkanes) is 5. The van der Waals surface area contributed by atoms with Crippen LogP contribution in [0.1, 0.15) is 91.9 Å². The van der Waals surface area contributed by atoms with Crippen LogP contribution >= 0.6 is 0 Å². The highest BCUT2D eigenvalue weighted by Gasteiger charge is 2.36. The summed E-state index contributed by atoms with van der Waals surface area (Å²) in [5.41, 5.74) is -1.33. The van der Waals surface area contributed by atoms with Crippen LogP contribution in [0, 0.1) is 5.41 Å². The second-order valence-electron chi connectivity index (χ2n) is 8.45. The average Bonchev–Trinajstić information content (AvgIpc) is 3.27. The minimum atomic E-state index is -0.720. The van der Waals surface area contributed by atoms with Crippen LogP contribution in [-0.4, -0.2) is 34.0 Å². The maximum atomic E-state index is 11.0. The van der Waals surface area contributed by atoms with E-state index < -0.39 is 17.0 Å². The summed E-state index contributed by atoms with van der Waals surface area (Å²) in [6, 6.07) is 0. The number of aliphatic hydroxyl groups is 1. The largest absolute Gasteiger partial charge is 0.481 e. The quantitative estimate of drug-likeness (QED) is 0.259. The van der Waals surface area contributed by atoms with Crippen molar-refractivity contribution in [3.05, 3.63) is 12.2 Å². The Bertz CT molecular complexity index is 426. The first-order valence-corrected chi connectivity index (χ1v) is 9.98. The maximum absolute atomic E-state index is 11.0. The molecular weight excluding hydrogens is 316 g/mol. The van der Waals surface area contributed by atoms with Crippen LogP contribution in [0.3, 0.4) is 0 Å². The molecular formula is C21H38O4. The summed E-state index contributed by atoms with van der Waals surface area (Å²) >= 11 is 0. The molecule has 0 bridgehead atoms. The highest BCUT2D eigenvalue weighted by molar-refractivity contribution is 5.73. The Morgan fingerprint density at radius 1 is 1.04 bits per heavy atom. The van der Waals surface area contributed by atoms with Crippen LogP contribution in [0.4, 0.5) is 0 Å². The number of ether oxygens (including phenoxy) is 1. The van der Waals surface area contributed by atoms with E-state index in [4.69, 9.17) is 9.84 Å². The van der Waals surface area contributed by atoms with Gasteiger partial charge >= 0.3 is 5.97 Å². The molecule has 0 aliphatic carbocycles. The molecule has 0 aromatic heterocycles. The molecule has 25 heavy (non-hydrogen) atoms. The van der Waals surface area contributed by atoms with Gasteiger partial charge in [0.2, 0.25) is 0 Å². The molecule has 1 aliphatic heterocycles. The maximum Gasteiger partial charge on any atom is 0.309 e. The van der Waals surface area contributed by atoms with Crippen LogP contribution < -0.4 is 0 Å². The van der Waals surface area contributed by atoms with E-state index in [1.807, 2.05) is 19.1 Å². The fourth-order valence-electron chi connectivity index (χ4n) is 3.05. The highest BCUT2D eigenvalue weighted by atomic mass is 16.6. The summed E-state index contributed by atoms with van der Waals surface area (Å²) in [6.07, 6.45) is 14.7. The molecule has 0 aromatic carbocycles. The lowest BCUT2D eigenvalue weighted by Crippen LogP contribution is -2.23. The number of epoxide rings is 1. The normalized spacial score (nSPS) is 22.9. The van der Waals surface area contributed by atoms with Crippen molar-refractivity contribution < 1.29 is 19.7 Å². The Balaban J connectivity index is 2.08. The molecule has 1 fully saturated rings. The van der Waals surface area contributed by atoms with Crippen molar-refractivity contribution in [2.24, 2.45) is 5.41 Å². The molecule has 0 radical (unpaired) electrons. The third-order valence-corrected chi connectivity index (χ3v) is 5.17. The van der Waals surface area contributed by atoms with Gasteiger partial charge in [-0.05, 0) is 40.0 Å². The van der Waals surface area contributed by atoms with E-state index >= 15 is 0 Å². The second kappa shape index (κ2) is 10.3.